The second-order valence-electron chi connectivity index (χ2n) is 10.5. The van der Waals surface area contributed by atoms with Crippen LogP contribution in [0.15, 0.2) is 53.3 Å². The fourth-order valence-corrected chi connectivity index (χ4v) is 5.46. The molecular formula is C30H40N4O2. The van der Waals surface area contributed by atoms with Crippen molar-refractivity contribution in [3.63, 3.8) is 0 Å². The molecule has 1 amide bonds. The molecule has 0 aliphatic heterocycles. The smallest absolute Gasteiger partial charge is 0.266 e. The summed E-state index contributed by atoms with van der Waals surface area (Å²) < 4.78 is 1.73. The Bertz CT molecular complexity index is 1240. The molecule has 1 atom stereocenters. The molecule has 1 aromatic heterocycles. The minimum absolute atomic E-state index is 0.0920. The van der Waals surface area contributed by atoms with Crippen molar-refractivity contribution in [2.75, 3.05) is 27.2 Å². The number of aryl methyl sites for hydroxylation is 1. The van der Waals surface area contributed by atoms with Gasteiger partial charge in [0, 0.05) is 19.5 Å². The molecule has 1 unspecified atom stereocenters. The van der Waals surface area contributed by atoms with E-state index in [1.54, 1.807) is 4.57 Å². The Labute approximate surface area is 214 Å². The van der Waals surface area contributed by atoms with Crippen LogP contribution in [0.3, 0.4) is 0 Å². The van der Waals surface area contributed by atoms with Gasteiger partial charge in [0.1, 0.15) is 5.82 Å². The van der Waals surface area contributed by atoms with E-state index in [0.29, 0.717) is 42.0 Å². The maximum Gasteiger partial charge on any atom is 0.266 e. The zero-order valence-corrected chi connectivity index (χ0v) is 22.2. The summed E-state index contributed by atoms with van der Waals surface area (Å²) in [4.78, 5) is 36.7. The largest absolute Gasteiger partial charge is 0.331 e. The van der Waals surface area contributed by atoms with Gasteiger partial charge < -0.3 is 9.80 Å². The Morgan fingerprint density at radius 3 is 2.53 bits per heavy atom. The molecule has 1 heterocycles. The van der Waals surface area contributed by atoms with Gasteiger partial charge in [0.05, 0.1) is 22.6 Å². The first-order chi connectivity index (χ1) is 17.4. The summed E-state index contributed by atoms with van der Waals surface area (Å²) in [5, 5.41) is 0.588. The SMILES string of the molecule is CCC(c1nc2ccccc2c(=O)n1-c1cccc(C)c1)N(CCN(C)C)C(=O)CCC1CCCC1. The molecule has 6 nitrogen and oxygen atoms in total. The summed E-state index contributed by atoms with van der Waals surface area (Å²) >= 11 is 0. The zero-order valence-electron chi connectivity index (χ0n) is 22.2. The van der Waals surface area contributed by atoms with Crippen molar-refractivity contribution in [2.45, 2.75) is 64.8 Å². The van der Waals surface area contributed by atoms with Gasteiger partial charge in [-0.15, -0.1) is 0 Å². The van der Waals surface area contributed by atoms with E-state index in [1.807, 2.05) is 74.4 Å². The quantitative estimate of drug-likeness (QED) is 0.378. The number of fused-ring (bicyclic) bond motifs is 1. The molecule has 2 aromatic carbocycles. The van der Waals surface area contributed by atoms with Gasteiger partial charge in [-0.2, -0.15) is 0 Å². The van der Waals surface area contributed by atoms with Gasteiger partial charge in [0.25, 0.3) is 5.56 Å². The van der Waals surface area contributed by atoms with E-state index in [-0.39, 0.29) is 17.5 Å². The predicted octanol–water partition coefficient (Wildman–Crippen LogP) is 5.51. The fraction of sp³-hybridized carbons (Fsp3) is 0.500. The first-order valence-corrected chi connectivity index (χ1v) is 13.4. The Morgan fingerprint density at radius 2 is 1.83 bits per heavy atom. The third-order valence-electron chi connectivity index (χ3n) is 7.47. The molecule has 0 bridgehead atoms. The number of carbonyl (C=O) groups is 1. The fourth-order valence-electron chi connectivity index (χ4n) is 5.46. The van der Waals surface area contributed by atoms with Gasteiger partial charge in [0.15, 0.2) is 0 Å². The lowest BCUT2D eigenvalue weighted by atomic mass is 10.0. The highest BCUT2D eigenvalue weighted by Gasteiger charge is 2.29. The number of likely N-dealkylation sites (N-methyl/N-ethyl adjacent to an activating group) is 1. The van der Waals surface area contributed by atoms with Crippen molar-refractivity contribution >= 4 is 16.8 Å². The first kappa shape index (κ1) is 26.1. The second-order valence-corrected chi connectivity index (χ2v) is 10.5. The molecule has 6 heteroatoms. The molecule has 1 aliphatic rings. The maximum atomic E-state index is 13.9. The third kappa shape index (κ3) is 5.86. The predicted molar refractivity (Wildman–Crippen MR) is 147 cm³/mol. The normalized spacial score (nSPS) is 15.0. The highest BCUT2D eigenvalue weighted by molar-refractivity contribution is 5.79. The lowest BCUT2D eigenvalue weighted by molar-refractivity contribution is -0.134. The summed E-state index contributed by atoms with van der Waals surface area (Å²) in [6.07, 6.45) is 7.22. The van der Waals surface area contributed by atoms with Crippen LogP contribution in [-0.2, 0) is 4.79 Å². The van der Waals surface area contributed by atoms with Crippen LogP contribution in [0.2, 0.25) is 0 Å². The molecule has 192 valence electrons. The minimum Gasteiger partial charge on any atom is -0.331 e. The molecule has 36 heavy (non-hydrogen) atoms. The van der Waals surface area contributed by atoms with E-state index in [4.69, 9.17) is 4.98 Å². The van der Waals surface area contributed by atoms with Crippen LogP contribution in [0.4, 0.5) is 0 Å². The van der Waals surface area contributed by atoms with Crippen molar-refractivity contribution in [1.82, 2.24) is 19.4 Å². The van der Waals surface area contributed by atoms with Gasteiger partial charge >= 0.3 is 0 Å². The van der Waals surface area contributed by atoms with Crippen LogP contribution in [0.5, 0.6) is 0 Å². The van der Waals surface area contributed by atoms with E-state index in [9.17, 15) is 9.59 Å². The van der Waals surface area contributed by atoms with Crippen LogP contribution < -0.4 is 5.56 Å². The first-order valence-electron chi connectivity index (χ1n) is 13.4. The third-order valence-corrected chi connectivity index (χ3v) is 7.47. The molecule has 1 saturated carbocycles. The van der Waals surface area contributed by atoms with Crippen molar-refractivity contribution in [1.29, 1.82) is 0 Å². The summed E-state index contributed by atoms with van der Waals surface area (Å²) in [7, 11) is 4.05. The Hall–Kier alpha value is -2.99. The number of aromatic nitrogens is 2. The highest BCUT2D eigenvalue weighted by atomic mass is 16.2. The van der Waals surface area contributed by atoms with Gasteiger partial charge in [-0.05, 0) is 69.6 Å². The minimum atomic E-state index is -0.293. The lowest BCUT2D eigenvalue weighted by Gasteiger charge is -2.33. The number of hydrogen-bond donors (Lipinski definition) is 0. The molecule has 3 aromatic rings. The Morgan fingerprint density at radius 1 is 1.08 bits per heavy atom. The van der Waals surface area contributed by atoms with Gasteiger partial charge in [-0.25, -0.2) is 4.98 Å². The molecule has 0 saturated heterocycles. The van der Waals surface area contributed by atoms with E-state index in [1.165, 1.54) is 25.7 Å². The molecule has 0 radical (unpaired) electrons. The van der Waals surface area contributed by atoms with Crippen LogP contribution in [-0.4, -0.2) is 52.4 Å². The van der Waals surface area contributed by atoms with Crippen molar-refractivity contribution < 1.29 is 4.79 Å². The second kappa shape index (κ2) is 11.8. The summed E-state index contributed by atoms with van der Waals surface area (Å²) in [5.41, 5.74) is 2.44. The summed E-state index contributed by atoms with van der Waals surface area (Å²) in [6, 6.07) is 15.2. The van der Waals surface area contributed by atoms with Gasteiger partial charge in [-0.3, -0.25) is 14.2 Å². The van der Waals surface area contributed by atoms with Crippen LogP contribution >= 0.6 is 0 Å². The molecule has 0 N–H and O–H groups in total. The number of benzene rings is 2. The molecule has 1 fully saturated rings. The standard InChI is InChI=1S/C30H40N4O2/c1-5-27(33(20-19-32(3)4)28(35)18-17-23-12-6-7-13-23)29-31-26-16-9-8-15-25(26)30(36)34(29)24-14-10-11-22(2)21-24/h8-11,14-16,21,23,27H,5-7,12-13,17-20H2,1-4H3. The highest BCUT2D eigenvalue weighted by Crippen LogP contribution is 2.31. The van der Waals surface area contributed by atoms with E-state index in [2.05, 4.69) is 11.8 Å². The average molecular weight is 489 g/mol. The molecule has 4 rings (SSSR count). The van der Waals surface area contributed by atoms with E-state index in [0.717, 1.165) is 24.2 Å². The lowest BCUT2D eigenvalue weighted by Crippen LogP contribution is -2.41. The monoisotopic (exact) mass is 488 g/mol. The topological polar surface area (TPSA) is 58.4 Å². The number of amides is 1. The molecular weight excluding hydrogens is 448 g/mol. The number of para-hydroxylation sites is 1. The summed E-state index contributed by atoms with van der Waals surface area (Å²) in [6.45, 7) is 5.47. The zero-order chi connectivity index (χ0) is 25.7. The van der Waals surface area contributed by atoms with Crippen LogP contribution in [0.1, 0.15) is 69.3 Å². The van der Waals surface area contributed by atoms with Gasteiger partial charge in [0.2, 0.25) is 5.91 Å². The van der Waals surface area contributed by atoms with Crippen LogP contribution in [0, 0.1) is 12.8 Å². The molecule has 1 aliphatic carbocycles. The maximum absolute atomic E-state index is 13.9. The number of rotatable bonds is 10. The van der Waals surface area contributed by atoms with E-state index < -0.39 is 0 Å². The Kier molecular flexibility index (Phi) is 8.57. The number of carbonyl (C=O) groups excluding carboxylic acids is 1. The Balaban J connectivity index is 1.80. The van der Waals surface area contributed by atoms with E-state index >= 15 is 0 Å². The van der Waals surface area contributed by atoms with Crippen molar-refractivity contribution in [3.05, 3.63) is 70.3 Å². The van der Waals surface area contributed by atoms with Crippen molar-refractivity contribution in [2.24, 2.45) is 5.92 Å². The van der Waals surface area contributed by atoms with Crippen LogP contribution in [0.25, 0.3) is 16.6 Å². The summed E-state index contributed by atoms with van der Waals surface area (Å²) in [5.74, 6) is 1.46. The average Bonchev–Trinajstić information content (AvgIpc) is 3.39. The number of hydrogen-bond acceptors (Lipinski definition) is 4. The number of nitrogens with zero attached hydrogens (tertiary/aromatic N) is 4. The van der Waals surface area contributed by atoms with Gasteiger partial charge in [-0.1, -0.05) is 56.9 Å². The molecule has 0 spiro atoms. The van der Waals surface area contributed by atoms with Crippen molar-refractivity contribution in [3.8, 4) is 5.69 Å².